The van der Waals surface area contributed by atoms with Crippen LogP contribution in [0.4, 0.5) is 0 Å². The number of carbonyl (C=O) groups excluding carboxylic acids is 1. The first kappa shape index (κ1) is 10.6. The molecule has 2 atom stereocenters. The van der Waals surface area contributed by atoms with Crippen LogP contribution in [0.25, 0.3) is 0 Å². The maximum atomic E-state index is 10.2. The Labute approximate surface area is 67.9 Å². The average molecular weight is 159 g/mol. The molecule has 0 saturated carbocycles. The molecule has 11 heavy (non-hydrogen) atoms. The molecule has 0 aliphatic rings. The van der Waals surface area contributed by atoms with Crippen LogP contribution in [0.3, 0.4) is 0 Å². The van der Waals surface area contributed by atoms with Gasteiger partial charge in [0.15, 0.2) is 0 Å². The maximum absolute atomic E-state index is 10.2. The van der Waals surface area contributed by atoms with Gasteiger partial charge in [-0.2, -0.15) is 0 Å². The minimum Gasteiger partial charge on any atom is -0.371 e. The molecule has 0 fully saturated rings. The second-order valence-electron chi connectivity index (χ2n) is 3.65. The van der Waals surface area contributed by atoms with Gasteiger partial charge < -0.3 is 15.3 Å². The highest BCUT2D eigenvalue weighted by molar-refractivity contribution is 5.57. The molecule has 0 spiro atoms. The van der Waals surface area contributed by atoms with Crippen molar-refractivity contribution in [2.75, 3.05) is 0 Å². The summed E-state index contributed by atoms with van der Waals surface area (Å²) >= 11 is 0. The predicted molar refractivity (Wildman–Crippen MR) is 44.3 cm³/mol. The van der Waals surface area contributed by atoms with E-state index in [0.717, 1.165) is 0 Å². The van der Waals surface area contributed by atoms with E-state index < -0.39 is 6.04 Å². The third-order valence-corrected chi connectivity index (χ3v) is 1.24. The van der Waals surface area contributed by atoms with Crippen LogP contribution in [-0.2, 0) is 9.53 Å². The SMILES string of the molecule is C[C@@H](OC(C)(C)C)[C@H](N)C=O. The van der Waals surface area contributed by atoms with Gasteiger partial charge in [0.05, 0.1) is 17.7 Å². The van der Waals surface area contributed by atoms with E-state index in [0.29, 0.717) is 6.29 Å². The summed E-state index contributed by atoms with van der Waals surface area (Å²) in [6.07, 6.45) is 0.489. The molecule has 0 unspecified atom stereocenters. The van der Waals surface area contributed by atoms with E-state index in [1.807, 2.05) is 20.8 Å². The van der Waals surface area contributed by atoms with Crippen LogP contribution in [0.1, 0.15) is 27.7 Å². The van der Waals surface area contributed by atoms with Gasteiger partial charge in [0.2, 0.25) is 0 Å². The van der Waals surface area contributed by atoms with Gasteiger partial charge in [-0.05, 0) is 27.7 Å². The molecule has 0 aliphatic heterocycles. The Kier molecular flexibility index (Phi) is 3.69. The molecule has 0 bridgehead atoms. The van der Waals surface area contributed by atoms with Crippen LogP contribution in [0.5, 0.6) is 0 Å². The van der Waals surface area contributed by atoms with E-state index in [2.05, 4.69) is 0 Å². The smallest absolute Gasteiger partial charge is 0.139 e. The number of rotatable bonds is 3. The van der Waals surface area contributed by atoms with E-state index in [1.165, 1.54) is 0 Å². The zero-order valence-electron chi connectivity index (χ0n) is 7.63. The summed E-state index contributed by atoms with van der Waals surface area (Å²) in [5.41, 5.74) is 5.19. The van der Waals surface area contributed by atoms with Crippen molar-refractivity contribution in [2.45, 2.75) is 45.4 Å². The number of hydrogen-bond donors (Lipinski definition) is 1. The molecule has 0 aromatic rings. The van der Waals surface area contributed by atoms with Crippen molar-refractivity contribution in [1.29, 1.82) is 0 Å². The van der Waals surface area contributed by atoms with E-state index in [9.17, 15) is 4.79 Å². The van der Waals surface area contributed by atoms with E-state index in [4.69, 9.17) is 10.5 Å². The lowest BCUT2D eigenvalue weighted by atomic mass is 10.1. The van der Waals surface area contributed by atoms with Gasteiger partial charge >= 0.3 is 0 Å². The third-order valence-electron chi connectivity index (χ3n) is 1.24. The van der Waals surface area contributed by atoms with Gasteiger partial charge in [-0.3, -0.25) is 0 Å². The zero-order valence-corrected chi connectivity index (χ0v) is 7.63. The molecule has 2 N–H and O–H groups in total. The van der Waals surface area contributed by atoms with Crippen LogP contribution in [0, 0.1) is 0 Å². The van der Waals surface area contributed by atoms with Gasteiger partial charge in [-0.15, -0.1) is 0 Å². The first-order valence-corrected chi connectivity index (χ1v) is 3.75. The van der Waals surface area contributed by atoms with Gasteiger partial charge in [0.25, 0.3) is 0 Å². The largest absolute Gasteiger partial charge is 0.371 e. The van der Waals surface area contributed by atoms with Crippen LogP contribution in [-0.4, -0.2) is 24.0 Å². The monoisotopic (exact) mass is 159 g/mol. The Bertz CT molecular complexity index is 129. The maximum Gasteiger partial charge on any atom is 0.139 e. The van der Waals surface area contributed by atoms with Gasteiger partial charge in [-0.25, -0.2) is 0 Å². The lowest BCUT2D eigenvalue weighted by Gasteiger charge is -2.26. The summed E-state index contributed by atoms with van der Waals surface area (Å²) in [4.78, 5) is 10.2. The Morgan fingerprint density at radius 2 is 1.91 bits per heavy atom. The summed E-state index contributed by atoms with van der Waals surface area (Å²) < 4.78 is 5.43. The minimum absolute atomic E-state index is 0.215. The lowest BCUT2D eigenvalue weighted by molar-refractivity contribution is -0.115. The number of ether oxygens (including phenoxy) is 1. The minimum atomic E-state index is -0.519. The summed E-state index contributed by atoms with van der Waals surface area (Å²) in [5.74, 6) is 0. The van der Waals surface area contributed by atoms with E-state index in [1.54, 1.807) is 6.92 Å². The molecule has 0 aromatic carbocycles. The topological polar surface area (TPSA) is 52.3 Å². The summed E-state index contributed by atoms with van der Waals surface area (Å²) in [6, 6.07) is -0.519. The molecule has 0 amide bonds. The van der Waals surface area contributed by atoms with Gasteiger partial charge in [-0.1, -0.05) is 0 Å². The van der Waals surface area contributed by atoms with Crippen LogP contribution in [0.15, 0.2) is 0 Å². The fraction of sp³-hybridized carbons (Fsp3) is 0.875. The second-order valence-corrected chi connectivity index (χ2v) is 3.65. The quantitative estimate of drug-likeness (QED) is 0.617. The normalized spacial score (nSPS) is 17.5. The highest BCUT2D eigenvalue weighted by atomic mass is 16.5. The van der Waals surface area contributed by atoms with E-state index in [-0.39, 0.29) is 11.7 Å². The van der Waals surface area contributed by atoms with Crippen LogP contribution in [0.2, 0.25) is 0 Å². The number of carbonyl (C=O) groups is 1. The predicted octanol–water partition coefficient (Wildman–Crippen LogP) is 0.716. The van der Waals surface area contributed by atoms with E-state index >= 15 is 0 Å². The molecule has 0 aliphatic carbocycles. The fourth-order valence-electron chi connectivity index (χ4n) is 0.747. The molecule has 0 radical (unpaired) electrons. The van der Waals surface area contributed by atoms with Crippen molar-refractivity contribution in [3.63, 3.8) is 0 Å². The van der Waals surface area contributed by atoms with Crippen molar-refractivity contribution >= 4 is 6.29 Å². The first-order valence-electron chi connectivity index (χ1n) is 3.75. The summed E-state index contributed by atoms with van der Waals surface area (Å²) in [6.45, 7) is 7.59. The Balaban J connectivity index is 3.86. The summed E-state index contributed by atoms with van der Waals surface area (Å²) in [7, 11) is 0. The van der Waals surface area contributed by atoms with Crippen molar-refractivity contribution in [3.05, 3.63) is 0 Å². The number of nitrogens with two attached hydrogens (primary N) is 1. The molecule has 0 rings (SSSR count). The molecule has 0 aromatic heterocycles. The van der Waals surface area contributed by atoms with Crippen LogP contribution >= 0.6 is 0 Å². The van der Waals surface area contributed by atoms with Crippen molar-refractivity contribution in [1.82, 2.24) is 0 Å². The van der Waals surface area contributed by atoms with Gasteiger partial charge in [0, 0.05) is 0 Å². The molecule has 3 nitrogen and oxygen atoms in total. The molecule has 0 saturated heterocycles. The zero-order chi connectivity index (χ0) is 9.07. The molecule has 3 heteroatoms. The van der Waals surface area contributed by atoms with Crippen molar-refractivity contribution < 1.29 is 9.53 Å². The Morgan fingerprint density at radius 3 is 2.18 bits per heavy atom. The number of aldehydes is 1. The summed E-state index contributed by atoms with van der Waals surface area (Å²) in [5, 5.41) is 0. The Hall–Kier alpha value is -0.410. The molecular weight excluding hydrogens is 142 g/mol. The number of hydrogen-bond acceptors (Lipinski definition) is 3. The molecule has 0 heterocycles. The molecule has 66 valence electrons. The Morgan fingerprint density at radius 1 is 1.45 bits per heavy atom. The third kappa shape index (κ3) is 4.93. The van der Waals surface area contributed by atoms with Crippen molar-refractivity contribution in [2.24, 2.45) is 5.73 Å². The highest BCUT2D eigenvalue weighted by Crippen LogP contribution is 2.11. The van der Waals surface area contributed by atoms with Crippen LogP contribution < -0.4 is 5.73 Å². The molecular formula is C8H17NO2. The van der Waals surface area contributed by atoms with Crippen molar-refractivity contribution in [3.8, 4) is 0 Å². The highest BCUT2D eigenvalue weighted by Gasteiger charge is 2.19. The average Bonchev–Trinajstić information content (AvgIpc) is 1.82. The standard InChI is InChI=1S/C8H17NO2/c1-6(7(9)5-10)11-8(2,3)4/h5-7H,9H2,1-4H3/t6-,7-/m1/s1. The van der Waals surface area contributed by atoms with Gasteiger partial charge in [0.1, 0.15) is 6.29 Å². The fourth-order valence-corrected chi connectivity index (χ4v) is 0.747. The lowest BCUT2D eigenvalue weighted by Crippen LogP contribution is -2.40. The first-order chi connectivity index (χ1) is 4.87. The second kappa shape index (κ2) is 3.83.